The van der Waals surface area contributed by atoms with Crippen LogP contribution < -0.4 is 10.1 Å². The topological polar surface area (TPSA) is 76.4 Å². The molecule has 0 bridgehead atoms. The molecular weight excluding hydrogens is 426 g/mol. The second-order valence-corrected chi connectivity index (χ2v) is 7.79. The van der Waals surface area contributed by atoms with Gasteiger partial charge in [-0.05, 0) is 61.4 Å². The van der Waals surface area contributed by atoms with Crippen LogP contribution >= 0.6 is 11.6 Å². The Morgan fingerprint density at radius 1 is 1.06 bits per heavy atom. The van der Waals surface area contributed by atoms with Gasteiger partial charge in [-0.15, -0.1) is 0 Å². The van der Waals surface area contributed by atoms with Crippen LogP contribution in [0.5, 0.6) is 5.75 Å². The first kappa shape index (κ1) is 21.5. The number of aryl methyl sites for hydroxylation is 2. The number of rotatable bonds is 6. The number of carboxylic acid groups (broad SMARTS) is 1. The Kier molecular flexibility index (Phi) is 5.88. The number of carboxylic acids is 1. The first-order valence-corrected chi connectivity index (χ1v) is 10.4. The number of ether oxygens (including phenoxy) is 1. The summed E-state index contributed by atoms with van der Waals surface area (Å²) in [5.74, 6) is 0.0689. The maximum Gasteiger partial charge on any atom is 0.337 e. The van der Waals surface area contributed by atoms with E-state index in [1.807, 2.05) is 67.1 Å². The van der Waals surface area contributed by atoms with Gasteiger partial charge in [0.25, 0.3) is 0 Å². The molecule has 32 heavy (non-hydrogen) atoms. The van der Waals surface area contributed by atoms with Crippen LogP contribution in [0.2, 0.25) is 5.02 Å². The van der Waals surface area contributed by atoms with Crippen molar-refractivity contribution in [3.63, 3.8) is 0 Å². The number of aromatic carboxylic acids is 1. The third-order valence-electron chi connectivity index (χ3n) is 5.25. The van der Waals surface area contributed by atoms with Crippen molar-refractivity contribution in [3.8, 4) is 22.6 Å². The van der Waals surface area contributed by atoms with Crippen LogP contribution in [0.4, 0.5) is 11.5 Å². The quantitative estimate of drug-likeness (QED) is 0.365. The number of nitrogens with one attached hydrogen (secondary N) is 1. The number of methoxy groups -OCH3 is 1. The maximum atomic E-state index is 12.0. The number of nitrogens with zero attached hydrogens (tertiary/aromatic N) is 2. The summed E-state index contributed by atoms with van der Waals surface area (Å²) in [6.45, 7) is 3.93. The van der Waals surface area contributed by atoms with E-state index >= 15 is 0 Å². The summed E-state index contributed by atoms with van der Waals surface area (Å²) in [5, 5.41) is 18.5. The molecular formula is C25H22ClN3O3. The summed E-state index contributed by atoms with van der Waals surface area (Å²) in [6, 6.07) is 20.3. The zero-order valence-electron chi connectivity index (χ0n) is 17.9. The monoisotopic (exact) mass is 447 g/mol. The molecule has 4 rings (SSSR count). The van der Waals surface area contributed by atoms with Gasteiger partial charge < -0.3 is 15.2 Å². The molecule has 0 aliphatic rings. The fourth-order valence-electron chi connectivity index (χ4n) is 3.64. The molecule has 0 aliphatic heterocycles. The maximum absolute atomic E-state index is 12.0. The SMILES string of the molecule is COc1ccc(Nc2c(-c3ccc(Cl)cc3)c(C)nn2-c2ccccc2C)c(C(=O)O)c1. The van der Waals surface area contributed by atoms with E-state index in [1.54, 1.807) is 12.1 Å². The van der Waals surface area contributed by atoms with Crippen molar-refractivity contribution in [1.29, 1.82) is 0 Å². The van der Waals surface area contributed by atoms with Crippen LogP contribution in [-0.4, -0.2) is 28.0 Å². The minimum atomic E-state index is -1.06. The minimum absolute atomic E-state index is 0.0987. The van der Waals surface area contributed by atoms with Gasteiger partial charge in [0.2, 0.25) is 0 Å². The highest BCUT2D eigenvalue weighted by Gasteiger charge is 2.21. The lowest BCUT2D eigenvalue weighted by molar-refractivity contribution is 0.0697. The molecule has 0 radical (unpaired) electrons. The van der Waals surface area contributed by atoms with E-state index < -0.39 is 5.97 Å². The minimum Gasteiger partial charge on any atom is -0.497 e. The van der Waals surface area contributed by atoms with Crippen molar-refractivity contribution in [2.75, 3.05) is 12.4 Å². The fourth-order valence-corrected chi connectivity index (χ4v) is 3.77. The summed E-state index contributed by atoms with van der Waals surface area (Å²) in [4.78, 5) is 12.0. The zero-order chi connectivity index (χ0) is 22.8. The van der Waals surface area contributed by atoms with Crippen molar-refractivity contribution >= 4 is 29.1 Å². The Hall–Kier alpha value is -3.77. The van der Waals surface area contributed by atoms with Crippen molar-refractivity contribution in [3.05, 3.63) is 88.6 Å². The van der Waals surface area contributed by atoms with Crippen molar-refractivity contribution < 1.29 is 14.6 Å². The lowest BCUT2D eigenvalue weighted by atomic mass is 10.1. The number of carbonyl (C=O) groups is 1. The van der Waals surface area contributed by atoms with Gasteiger partial charge in [0.1, 0.15) is 11.6 Å². The van der Waals surface area contributed by atoms with Gasteiger partial charge in [-0.3, -0.25) is 0 Å². The molecule has 0 amide bonds. The zero-order valence-corrected chi connectivity index (χ0v) is 18.6. The second kappa shape index (κ2) is 8.77. The van der Waals surface area contributed by atoms with Crippen molar-refractivity contribution in [2.45, 2.75) is 13.8 Å². The lowest BCUT2D eigenvalue weighted by Gasteiger charge is -2.16. The Balaban J connectivity index is 1.95. The molecule has 6 nitrogen and oxygen atoms in total. The van der Waals surface area contributed by atoms with Gasteiger partial charge in [0.15, 0.2) is 0 Å². The number of hydrogen-bond acceptors (Lipinski definition) is 4. The van der Waals surface area contributed by atoms with Crippen LogP contribution in [0.15, 0.2) is 66.7 Å². The molecule has 0 saturated heterocycles. The van der Waals surface area contributed by atoms with E-state index in [9.17, 15) is 9.90 Å². The molecule has 4 aromatic rings. The van der Waals surface area contributed by atoms with Crippen molar-refractivity contribution in [2.24, 2.45) is 0 Å². The molecule has 7 heteroatoms. The highest BCUT2D eigenvalue weighted by Crippen LogP contribution is 2.37. The van der Waals surface area contributed by atoms with E-state index in [4.69, 9.17) is 21.4 Å². The molecule has 1 aromatic heterocycles. The van der Waals surface area contributed by atoms with Gasteiger partial charge >= 0.3 is 5.97 Å². The van der Waals surface area contributed by atoms with Gasteiger partial charge in [0, 0.05) is 10.6 Å². The number of halogens is 1. The summed E-state index contributed by atoms with van der Waals surface area (Å²) >= 11 is 6.10. The molecule has 0 aliphatic carbocycles. The van der Waals surface area contributed by atoms with Crippen molar-refractivity contribution in [1.82, 2.24) is 9.78 Å². The first-order chi connectivity index (χ1) is 15.4. The van der Waals surface area contributed by atoms with Crippen LogP contribution in [0.1, 0.15) is 21.6 Å². The number of benzene rings is 3. The number of para-hydroxylation sites is 1. The summed E-state index contributed by atoms with van der Waals surface area (Å²) < 4.78 is 7.02. The predicted octanol–water partition coefficient (Wildman–Crippen LogP) is 6.26. The molecule has 162 valence electrons. The Morgan fingerprint density at radius 2 is 1.78 bits per heavy atom. The molecule has 3 aromatic carbocycles. The Morgan fingerprint density at radius 3 is 2.44 bits per heavy atom. The predicted molar refractivity (Wildman–Crippen MR) is 127 cm³/mol. The fraction of sp³-hybridized carbons (Fsp3) is 0.120. The molecule has 0 spiro atoms. The van der Waals surface area contributed by atoms with E-state index in [0.29, 0.717) is 22.3 Å². The summed E-state index contributed by atoms with van der Waals surface area (Å²) in [6.07, 6.45) is 0. The van der Waals surface area contributed by atoms with Gasteiger partial charge in [-0.1, -0.05) is 41.9 Å². The normalized spacial score (nSPS) is 10.8. The standard InChI is InChI=1S/C25H22ClN3O3/c1-15-6-4-5-7-22(15)29-24(23(16(2)28-29)17-8-10-18(26)11-9-17)27-21-13-12-19(32-3)14-20(21)25(30)31/h4-14,27H,1-3H3,(H,30,31). The first-order valence-electron chi connectivity index (χ1n) is 9.99. The lowest BCUT2D eigenvalue weighted by Crippen LogP contribution is -2.08. The Labute approximate surface area is 191 Å². The van der Waals surface area contributed by atoms with Crippen LogP contribution in [-0.2, 0) is 0 Å². The van der Waals surface area contributed by atoms with E-state index in [-0.39, 0.29) is 5.56 Å². The van der Waals surface area contributed by atoms with Crippen LogP contribution in [0, 0.1) is 13.8 Å². The Bertz CT molecular complexity index is 1300. The van der Waals surface area contributed by atoms with Gasteiger partial charge in [0.05, 0.1) is 29.7 Å². The average molecular weight is 448 g/mol. The molecule has 0 saturated carbocycles. The number of hydrogen-bond donors (Lipinski definition) is 2. The largest absolute Gasteiger partial charge is 0.497 e. The average Bonchev–Trinajstić information content (AvgIpc) is 3.10. The summed E-state index contributed by atoms with van der Waals surface area (Å²) in [5.41, 5.74) is 5.03. The molecule has 2 N–H and O–H groups in total. The highest BCUT2D eigenvalue weighted by molar-refractivity contribution is 6.30. The number of anilines is 2. The van der Waals surface area contributed by atoms with Crippen LogP contribution in [0.3, 0.4) is 0 Å². The third-order valence-corrected chi connectivity index (χ3v) is 5.50. The molecule has 0 atom stereocenters. The summed E-state index contributed by atoms with van der Waals surface area (Å²) in [7, 11) is 1.50. The van der Waals surface area contributed by atoms with E-state index in [1.165, 1.54) is 13.2 Å². The van der Waals surface area contributed by atoms with Crippen LogP contribution in [0.25, 0.3) is 16.8 Å². The highest BCUT2D eigenvalue weighted by atomic mass is 35.5. The smallest absolute Gasteiger partial charge is 0.337 e. The van der Waals surface area contributed by atoms with Gasteiger partial charge in [-0.25, -0.2) is 9.48 Å². The van der Waals surface area contributed by atoms with Gasteiger partial charge in [-0.2, -0.15) is 5.10 Å². The molecule has 0 fully saturated rings. The number of aromatic nitrogens is 2. The molecule has 0 unspecified atom stereocenters. The molecule has 1 heterocycles. The third kappa shape index (κ3) is 4.05. The second-order valence-electron chi connectivity index (χ2n) is 7.36. The van der Waals surface area contributed by atoms with E-state index in [0.717, 1.165) is 28.1 Å². The van der Waals surface area contributed by atoms with E-state index in [2.05, 4.69) is 5.32 Å².